The first kappa shape index (κ1) is 16.1. The van der Waals surface area contributed by atoms with Crippen molar-refractivity contribution in [1.82, 2.24) is 14.9 Å². The predicted molar refractivity (Wildman–Crippen MR) is 76.3 cm³/mol. The Bertz CT molecular complexity index is 350. The van der Waals surface area contributed by atoms with E-state index >= 15 is 0 Å². The molecule has 0 aliphatic rings. The molecule has 0 atom stereocenters. The first-order valence-electron chi connectivity index (χ1n) is 6.96. The number of aromatic nitrogens is 2. The molecule has 0 spiro atoms. The highest BCUT2D eigenvalue weighted by Gasteiger charge is 2.06. The van der Waals surface area contributed by atoms with Crippen LogP contribution in [0.15, 0.2) is 6.20 Å². The van der Waals surface area contributed by atoms with Crippen LogP contribution in [0.5, 0.6) is 0 Å². The van der Waals surface area contributed by atoms with E-state index in [4.69, 9.17) is 9.47 Å². The van der Waals surface area contributed by atoms with E-state index in [9.17, 15) is 0 Å². The predicted octanol–water partition coefficient (Wildman–Crippen LogP) is 1.74. The van der Waals surface area contributed by atoms with Crippen LogP contribution in [0.25, 0.3) is 0 Å². The molecule has 1 heterocycles. The molecule has 1 aromatic heterocycles. The molecule has 0 aliphatic heterocycles. The van der Waals surface area contributed by atoms with Crippen LogP contribution < -0.4 is 5.32 Å². The first-order chi connectivity index (χ1) is 9.15. The van der Waals surface area contributed by atoms with E-state index in [0.717, 1.165) is 45.2 Å². The van der Waals surface area contributed by atoms with Crippen molar-refractivity contribution in [3.63, 3.8) is 0 Å². The Hall–Kier alpha value is -0.910. The average molecular weight is 269 g/mol. The Morgan fingerprint density at radius 1 is 1.32 bits per heavy atom. The van der Waals surface area contributed by atoms with E-state index in [1.165, 1.54) is 5.69 Å². The van der Waals surface area contributed by atoms with Gasteiger partial charge in [-0.05, 0) is 13.3 Å². The van der Waals surface area contributed by atoms with Gasteiger partial charge >= 0.3 is 0 Å². The maximum absolute atomic E-state index is 5.60. The van der Waals surface area contributed by atoms with E-state index in [2.05, 4.69) is 28.7 Å². The highest BCUT2D eigenvalue weighted by molar-refractivity contribution is 5.04. The van der Waals surface area contributed by atoms with Gasteiger partial charge in [-0.3, -0.25) is 0 Å². The second kappa shape index (κ2) is 9.07. The number of nitrogens with zero attached hydrogens (tertiary/aromatic N) is 2. The van der Waals surface area contributed by atoms with Crippen molar-refractivity contribution in [2.24, 2.45) is 0 Å². The van der Waals surface area contributed by atoms with Crippen molar-refractivity contribution in [3.05, 3.63) is 17.7 Å². The molecule has 0 unspecified atom stereocenters. The molecule has 110 valence electrons. The lowest BCUT2D eigenvalue weighted by Gasteiger charge is -2.13. The van der Waals surface area contributed by atoms with Gasteiger partial charge in [-0.2, -0.15) is 0 Å². The number of hydrogen-bond donors (Lipinski definition) is 1. The lowest BCUT2D eigenvalue weighted by atomic mass is 10.3. The zero-order valence-corrected chi connectivity index (χ0v) is 12.6. The molecule has 0 saturated carbocycles. The van der Waals surface area contributed by atoms with Crippen molar-refractivity contribution in [2.75, 3.05) is 26.9 Å². The summed E-state index contributed by atoms with van der Waals surface area (Å²) in [6.45, 7) is 10.3. The number of hydrogen-bond acceptors (Lipinski definition) is 4. The molecule has 0 aromatic carbocycles. The molecular weight excluding hydrogens is 242 g/mol. The zero-order chi connectivity index (χ0) is 14.1. The summed E-state index contributed by atoms with van der Waals surface area (Å²) in [4.78, 5) is 4.37. The van der Waals surface area contributed by atoms with Gasteiger partial charge in [0.15, 0.2) is 0 Å². The molecule has 1 rings (SSSR count). The number of methoxy groups -OCH3 is 1. The molecule has 0 fully saturated rings. The van der Waals surface area contributed by atoms with Crippen LogP contribution in [-0.2, 0) is 22.6 Å². The van der Waals surface area contributed by atoms with Gasteiger partial charge in [-0.25, -0.2) is 4.98 Å². The van der Waals surface area contributed by atoms with Crippen molar-refractivity contribution < 1.29 is 9.47 Å². The normalized spacial score (nSPS) is 11.4. The summed E-state index contributed by atoms with van der Waals surface area (Å²) in [5.41, 5.74) is 1.21. The third kappa shape index (κ3) is 6.18. The minimum absolute atomic E-state index is 0.481. The van der Waals surface area contributed by atoms with E-state index in [1.54, 1.807) is 7.11 Å². The number of rotatable bonds is 10. The Kier molecular flexibility index (Phi) is 7.70. The van der Waals surface area contributed by atoms with Crippen molar-refractivity contribution in [3.8, 4) is 0 Å². The Labute approximate surface area is 116 Å². The van der Waals surface area contributed by atoms with Gasteiger partial charge in [0.25, 0.3) is 0 Å². The summed E-state index contributed by atoms with van der Waals surface area (Å²) >= 11 is 0. The number of aryl methyl sites for hydroxylation is 1. The van der Waals surface area contributed by atoms with E-state index in [0.29, 0.717) is 6.04 Å². The summed E-state index contributed by atoms with van der Waals surface area (Å²) in [5, 5.41) is 3.42. The van der Waals surface area contributed by atoms with Crippen LogP contribution in [0.1, 0.15) is 31.8 Å². The molecule has 5 heteroatoms. The summed E-state index contributed by atoms with van der Waals surface area (Å²) in [7, 11) is 1.71. The summed E-state index contributed by atoms with van der Waals surface area (Å²) in [6, 6.07) is 0.481. The van der Waals surface area contributed by atoms with Crippen LogP contribution in [0.2, 0.25) is 0 Å². The fourth-order valence-corrected chi connectivity index (χ4v) is 1.83. The number of nitrogens with one attached hydrogen (secondary N) is 1. The maximum atomic E-state index is 5.60. The standard InChI is InChI=1S/C14H27N3O2/c1-12(2)15-10-14-11-16-13(3)17(14)6-9-19-8-5-7-18-4/h11-12,15H,5-10H2,1-4H3. The van der Waals surface area contributed by atoms with Crippen molar-refractivity contribution in [1.29, 1.82) is 0 Å². The highest BCUT2D eigenvalue weighted by Crippen LogP contribution is 2.05. The molecule has 19 heavy (non-hydrogen) atoms. The SMILES string of the molecule is COCCCOCCn1c(CNC(C)C)cnc1C. The van der Waals surface area contributed by atoms with Gasteiger partial charge in [-0.1, -0.05) is 13.8 Å². The fraction of sp³-hybridized carbons (Fsp3) is 0.786. The first-order valence-corrected chi connectivity index (χ1v) is 6.96. The van der Waals surface area contributed by atoms with Crippen LogP contribution in [0, 0.1) is 6.92 Å². The lowest BCUT2D eigenvalue weighted by molar-refractivity contribution is 0.0970. The molecule has 0 radical (unpaired) electrons. The van der Waals surface area contributed by atoms with Gasteiger partial charge in [0.1, 0.15) is 5.82 Å². The third-order valence-corrected chi connectivity index (χ3v) is 2.93. The van der Waals surface area contributed by atoms with Crippen LogP contribution >= 0.6 is 0 Å². The zero-order valence-electron chi connectivity index (χ0n) is 12.6. The number of imidazole rings is 1. The van der Waals surface area contributed by atoms with Gasteiger partial charge in [0.2, 0.25) is 0 Å². The van der Waals surface area contributed by atoms with Crippen molar-refractivity contribution in [2.45, 2.75) is 46.3 Å². The quantitative estimate of drug-likeness (QED) is 0.657. The van der Waals surface area contributed by atoms with Gasteiger partial charge in [-0.15, -0.1) is 0 Å². The fourth-order valence-electron chi connectivity index (χ4n) is 1.83. The van der Waals surface area contributed by atoms with Gasteiger partial charge < -0.3 is 19.4 Å². The highest BCUT2D eigenvalue weighted by atomic mass is 16.5. The minimum Gasteiger partial charge on any atom is -0.385 e. The van der Waals surface area contributed by atoms with Crippen LogP contribution in [-0.4, -0.2) is 42.5 Å². The Morgan fingerprint density at radius 3 is 2.79 bits per heavy atom. The van der Waals surface area contributed by atoms with Crippen molar-refractivity contribution >= 4 is 0 Å². The van der Waals surface area contributed by atoms with E-state index < -0.39 is 0 Å². The molecular formula is C14H27N3O2. The second-order valence-corrected chi connectivity index (χ2v) is 4.94. The third-order valence-electron chi connectivity index (χ3n) is 2.93. The Balaban J connectivity index is 2.33. The van der Waals surface area contributed by atoms with Gasteiger partial charge in [0.05, 0.1) is 12.3 Å². The topological polar surface area (TPSA) is 48.3 Å². The smallest absolute Gasteiger partial charge is 0.105 e. The van der Waals surface area contributed by atoms with E-state index in [-0.39, 0.29) is 0 Å². The number of ether oxygens (including phenoxy) is 2. The van der Waals surface area contributed by atoms with Crippen LogP contribution in [0.3, 0.4) is 0 Å². The van der Waals surface area contributed by atoms with Crippen LogP contribution in [0.4, 0.5) is 0 Å². The molecule has 0 amide bonds. The summed E-state index contributed by atoms with van der Waals surface area (Å²) in [6.07, 6.45) is 2.89. The average Bonchev–Trinajstić information content (AvgIpc) is 2.72. The summed E-state index contributed by atoms with van der Waals surface area (Å²) in [5.74, 6) is 1.04. The van der Waals surface area contributed by atoms with Gasteiger partial charge in [0, 0.05) is 45.7 Å². The molecule has 0 aliphatic carbocycles. The molecule has 1 aromatic rings. The minimum atomic E-state index is 0.481. The molecule has 0 saturated heterocycles. The largest absolute Gasteiger partial charge is 0.385 e. The molecule has 1 N–H and O–H groups in total. The maximum Gasteiger partial charge on any atom is 0.105 e. The molecule has 0 bridgehead atoms. The van der Waals surface area contributed by atoms with E-state index in [1.807, 2.05) is 13.1 Å². The summed E-state index contributed by atoms with van der Waals surface area (Å²) < 4.78 is 12.8. The lowest BCUT2D eigenvalue weighted by Crippen LogP contribution is -2.24. The second-order valence-electron chi connectivity index (χ2n) is 4.94. The monoisotopic (exact) mass is 269 g/mol. The Morgan fingerprint density at radius 2 is 2.11 bits per heavy atom. The molecule has 5 nitrogen and oxygen atoms in total.